The summed E-state index contributed by atoms with van der Waals surface area (Å²) in [7, 11) is 0. The molecule has 36 heavy (non-hydrogen) atoms. The van der Waals surface area contributed by atoms with Crippen LogP contribution < -0.4 is 0 Å². The maximum atomic E-state index is 13.7. The lowest BCUT2D eigenvalue weighted by atomic mass is 9.76. The lowest BCUT2D eigenvalue weighted by Crippen LogP contribution is -2.51. The van der Waals surface area contributed by atoms with Gasteiger partial charge < -0.3 is 5.11 Å². The quantitative estimate of drug-likeness (QED) is 0.433. The first-order chi connectivity index (χ1) is 16.5. The molecular weight excluding hydrogens is 505 g/mol. The average molecular weight is 525 g/mol. The van der Waals surface area contributed by atoms with E-state index in [0.29, 0.717) is 24.6 Å². The first-order valence-corrected chi connectivity index (χ1v) is 11.0. The number of aliphatic carboxylic acids is 1. The minimum absolute atomic E-state index is 0.0675. The molecule has 196 valence electrons. The summed E-state index contributed by atoms with van der Waals surface area (Å²) < 4.78 is 120. The van der Waals surface area contributed by atoms with Crippen molar-refractivity contribution >= 4 is 5.97 Å². The van der Waals surface area contributed by atoms with Gasteiger partial charge >= 0.3 is 24.5 Å². The first kappa shape index (κ1) is 26.3. The van der Waals surface area contributed by atoms with Crippen molar-refractivity contribution in [3.8, 4) is 0 Å². The molecular formula is C24H20F9NO2. The second-order valence-corrected chi connectivity index (χ2v) is 9.27. The fourth-order valence-electron chi connectivity index (χ4n) is 5.57. The highest BCUT2D eigenvalue weighted by molar-refractivity contribution is 5.70. The molecule has 2 bridgehead atoms. The van der Waals surface area contributed by atoms with E-state index in [0.717, 1.165) is 12.1 Å². The highest BCUT2D eigenvalue weighted by Gasteiger charge is 2.54. The molecule has 2 aliphatic heterocycles. The molecule has 0 saturated carbocycles. The number of piperidine rings is 1. The highest BCUT2D eigenvalue weighted by atomic mass is 19.4. The van der Waals surface area contributed by atoms with Crippen LogP contribution in [0.4, 0.5) is 39.5 Å². The SMILES string of the molecule is O=C(O)[C@@H]1C[C@H]2CC[C@@](c3ccc(C(F)(F)F)cc3)(C1)N2Cc1cc(C(F)(F)F)ccc1C(F)(F)F. The summed E-state index contributed by atoms with van der Waals surface area (Å²) in [6.07, 6.45) is -13.9. The molecule has 0 amide bonds. The fraction of sp³-hybridized carbons (Fsp3) is 0.458. The summed E-state index contributed by atoms with van der Waals surface area (Å²) in [5, 5.41) is 9.63. The molecule has 1 N–H and O–H groups in total. The number of hydrogen-bond donors (Lipinski definition) is 1. The van der Waals surface area contributed by atoms with Crippen molar-refractivity contribution in [3.05, 3.63) is 70.3 Å². The molecule has 2 aromatic rings. The van der Waals surface area contributed by atoms with Gasteiger partial charge in [0.2, 0.25) is 0 Å². The van der Waals surface area contributed by atoms with E-state index in [1.165, 1.54) is 12.1 Å². The number of carboxylic acid groups (broad SMARTS) is 1. The molecule has 2 saturated heterocycles. The first-order valence-electron chi connectivity index (χ1n) is 11.0. The number of fused-ring (bicyclic) bond motifs is 2. The lowest BCUT2D eigenvalue weighted by molar-refractivity contribution is -0.147. The van der Waals surface area contributed by atoms with E-state index < -0.39 is 70.8 Å². The molecule has 2 heterocycles. The summed E-state index contributed by atoms with van der Waals surface area (Å²) in [6.45, 7) is -0.573. The van der Waals surface area contributed by atoms with Crippen LogP contribution >= 0.6 is 0 Å². The molecule has 0 unspecified atom stereocenters. The molecule has 0 radical (unpaired) electrons. The fourth-order valence-corrected chi connectivity index (χ4v) is 5.57. The van der Waals surface area contributed by atoms with E-state index in [1.807, 2.05) is 0 Å². The van der Waals surface area contributed by atoms with Crippen LogP contribution in [0.2, 0.25) is 0 Å². The van der Waals surface area contributed by atoms with Crippen LogP contribution in [0.5, 0.6) is 0 Å². The van der Waals surface area contributed by atoms with Crippen molar-refractivity contribution in [2.24, 2.45) is 5.92 Å². The third-order valence-electron chi connectivity index (χ3n) is 7.20. The molecule has 4 rings (SSSR count). The third-order valence-corrected chi connectivity index (χ3v) is 7.20. The summed E-state index contributed by atoms with van der Waals surface area (Å²) in [6, 6.07) is 4.54. The average Bonchev–Trinajstić information content (AvgIpc) is 2.96. The summed E-state index contributed by atoms with van der Waals surface area (Å²) >= 11 is 0. The molecule has 3 nitrogen and oxygen atoms in total. The van der Waals surface area contributed by atoms with Crippen molar-refractivity contribution in [3.63, 3.8) is 0 Å². The zero-order valence-electron chi connectivity index (χ0n) is 18.4. The Morgan fingerprint density at radius 1 is 0.889 bits per heavy atom. The molecule has 2 fully saturated rings. The predicted octanol–water partition coefficient (Wildman–Crippen LogP) is 7.10. The number of rotatable bonds is 4. The molecule has 0 aliphatic carbocycles. The zero-order chi connectivity index (χ0) is 26.7. The van der Waals surface area contributed by atoms with Crippen molar-refractivity contribution in [2.45, 2.75) is 62.3 Å². The second-order valence-electron chi connectivity index (χ2n) is 9.27. The van der Waals surface area contributed by atoms with Gasteiger partial charge in [0.25, 0.3) is 0 Å². The minimum Gasteiger partial charge on any atom is -0.481 e. The van der Waals surface area contributed by atoms with Crippen LogP contribution in [0.15, 0.2) is 42.5 Å². The van der Waals surface area contributed by atoms with Crippen molar-refractivity contribution in [2.75, 3.05) is 0 Å². The van der Waals surface area contributed by atoms with Crippen LogP contribution in [0, 0.1) is 5.92 Å². The standard InChI is InChI=1S/C24H20F9NO2/c25-22(26,27)16-3-1-15(2-4-16)21-8-7-18(10-13(11-21)20(35)36)34(21)12-14-9-17(23(28,29)30)5-6-19(14)24(31,32)33/h1-6,9,13,18H,7-8,10-12H2,(H,35,36)/t13-,18-,21+/m1/s1. The Morgan fingerprint density at radius 3 is 2.00 bits per heavy atom. The van der Waals surface area contributed by atoms with E-state index in [4.69, 9.17) is 0 Å². The van der Waals surface area contributed by atoms with E-state index in [9.17, 15) is 49.4 Å². The van der Waals surface area contributed by atoms with Gasteiger partial charge in [0, 0.05) is 18.1 Å². The summed E-state index contributed by atoms with van der Waals surface area (Å²) in [5.74, 6) is -2.05. The zero-order valence-corrected chi connectivity index (χ0v) is 18.4. The number of alkyl halides is 9. The maximum Gasteiger partial charge on any atom is 0.416 e. The molecule has 2 aromatic carbocycles. The number of hydrogen-bond acceptors (Lipinski definition) is 2. The maximum absolute atomic E-state index is 13.7. The van der Waals surface area contributed by atoms with Crippen LogP contribution in [0.25, 0.3) is 0 Å². The van der Waals surface area contributed by atoms with Gasteiger partial charge in [-0.25, -0.2) is 0 Å². The number of carbonyl (C=O) groups is 1. The van der Waals surface area contributed by atoms with Gasteiger partial charge in [-0.3, -0.25) is 9.69 Å². The minimum atomic E-state index is -4.95. The van der Waals surface area contributed by atoms with E-state index in [2.05, 4.69) is 0 Å². The number of carboxylic acids is 1. The Bertz CT molecular complexity index is 1140. The van der Waals surface area contributed by atoms with Crippen LogP contribution in [0.3, 0.4) is 0 Å². The van der Waals surface area contributed by atoms with Gasteiger partial charge in [0.05, 0.1) is 22.6 Å². The largest absolute Gasteiger partial charge is 0.481 e. The molecule has 0 spiro atoms. The molecule has 2 aliphatic rings. The van der Waals surface area contributed by atoms with Gasteiger partial charge in [0.15, 0.2) is 0 Å². The van der Waals surface area contributed by atoms with Crippen LogP contribution in [-0.2, 0) is 35.4 Å². The topological polar surface area (TPSA) is 40.5 Å². The summed E-state index contributed by atoms with van der Waals surface area (Å²) in [4.78, 5) is 13.3. The Hall–Kier alpha value is -2.76. The van der Waals surface area contributed by atoms with Crippen molar-refractivity contribution in [1.29, 1.82) is 0 Å². The lowest BCUT2D eigenvalue weighted by Gasteiger charge is -2.47. The summed E-state index contributed by atoms with van der Waals surface area (Å²) in [5.41, 5.74) is -5.06. The molecule has 0 aromatic heterocycles. The van der Waals surface area contributed by atoms with Gasteiger partial charge in [-0.15, -0.1) is 0 Å². The third kappa shape index (κ3) is 4.79. The predicted molar refractivity (Wildman–Crippen MR) is 108 cm³/mol. The van der Waals surface area contributed by atoms with Crippen LogP contribution in [0.1, 0.15) is 53.5 Å². The smallest absolute Gasteiger partial charge is 0.416 e. The number of nitrogens with zero attached hydrogens (tertiary/aromatic N) is 1. The Balaban J connectivity index is 1.81. The number of halogens is 9. The van der Waals surface area contributed by atoms with Gasteiger partial charge in [-0.2, -0.15) is 39.5 Å². The van der Waals surface area contributed by atoms with Gasteiger partial charge in [0.1, 0.15) is 0 Å². The highest BCUT2D eigenvalue weighted by Crippen LogP contribution is 2.54. The van der Waals surface area contributed by atoms with E-state index in [-0.39, 0.29) is 24.8 Å². The second kappa shape index (κ2) is 8.67. The normalized spacial score (nSPS) is 25.2. The van der Waals surface area contributed by atoms with Gasteiger partial charge in [-0.1, -0.05) is 12.1 Å². The van der Waals surface area contributed by atoms with E-state index >= 15 is 0 Å². The van der Waals surface area contributed by atoms with E-state index in [1.54, 1.807) is 4.90 Å². The molecule has 12 heteroatoms. The monoisotopic (exact) mass is 525 g/mol. The Kier molecular flexibility index (Phi) is 6.34. The van der Waals surface area contributed by atoms with Crippen molar-refractivity contribution < 1.29 is 49.4 Å². The number of benzene rings is 2. The van der Waals surface area contributed by atoms with Gasteiger partial charge in [-0.05, 0) is 67.1 Å². The Morgan fingerprint density at radius 2 is 1.47 bits per heavy atom. The Labute approximate surface area is 199 Å². The molecule has 3 atom stereocenters. The van der Waals surface area contributed by atoms with Crippen LogP contribution in [-0.4, -0.2) is 22.0 Å². The van der Waals surface area contributed by atoms with Crippen molar-refractivity contribution in [1.82, 2.24) is 4.90 Å².